The molecule has 1 N–H and O–H groups in total. The maximum absolute atomic E-state index is 12.6. The van der Waals surface area contributed by atoms with Gasteiger partial charge < -0.3 is 15.2 Å². The number of carboxylic acid groups (broad SMARTS) is 1. The Morgan fingerprint density at radius 1 is 0.958 bits per heavy atom. The van der Waals surface area contributed by atoms with Crippen molar-refractivity contribution in [2.75, 3.05) is 5.32 Å². The molecule has 4 nitrogen and oxygen atoms in total. The lowest BCUT2D eigenvalue weighted by atomic mass is 10.00. The van der Waals surface area contributed by atoms with Crippen LogP contribution >= 0.6 is 11.6 Å². The molecule has 0 aliphatic carbocycles. The van der Waals surface area contributed by atoms with Crippen molar-refractivity contribution in [1.29, 1.82) is 0 Å². The molecular weight excluding hydrogens is 326 g/mol. The van der Waals surface area contributed by atoms with Gasteiger partial charge in [0.25, 0.3) is 5.91 Å². The van der Waals surface area contributed by atoms with E-state index in [4.69, 9.17) is 11.6 Å². The number of aryl methyl sites for hydroxylation is 1. The van der Waals surface area contributed by atoms with Gasteiger partial charge in [0.05, 0.1) is 5.97 Å². The molecule has 3 aromatic rings. The summed E-state index contributed by atoms with van der Waals surface area (Å²) in [5.41, 5.74) is 1.77. The fourth-order valence-corrected chi connectivity index (χ4v) is 2.80. The van der Waals surface area contributed by atoms with E-state index in [1.54, 1.807) is 12.1 Å². The fraction of sp³-hybridized carbons (Fsp3) is 0.0526. The van der Waals surface area contributed by atoms with Gasteiger partial charge in [-0.05, 0) is 47.5 Å². The zero-order valence-corrected chi connectivity index (χ0v) is 13.6. The predicted molar refractivity (Wildman–Crippen MR) is 92.4 cm³/mol. The number of nitrogens with one attached hydrogen (secondary N) is 1. The fourth-order valence-electron chi connectivity index (χ4n) is 2.61. The van der Waals surface area contributed by atoms with Crippen molar-refractivity contribution < 1.29 is 14.7 Å². The van der Waals surface area contributed by atoms with Crippen LogP contribution in [-0.4, -0.2) is 11.9 Å². The molecule has 1 amide bonds. The van der Waals surface area contributed by atoms with Crippen molar-refractivity contribution in [3.63, 3.8) is 0 Å². The summed E-state index contributed by atoms with van der Waals surface area (Å²) in [6, 6.07) is 15.5. The topological polar surface area (TPSA) is 69.2 Å². The molecule has 5 heteroatoms. The van der Waals surface area contributed by atoms with Crippen LogP contribution in [0.1, 0.15) is 26.3 Å². The van der Waals surface area contributed by atoms with Gasteiger partial charge in [-0.1, -0.05) is 41.9 Å². The third-order valence-corrected chi connectivity index (χ3v) is 4.16. The number of aromatic carboxylic acids is 1. The van der Waals surface area contributed by atoms with Crippen LogP contribution in [0.4, 0.5) is 5.69 Å². The van der Waals surface area contributed by atoms with Gasteiger partial charge in [-0.25, -0.2) is 0 Å². The largest absolute Gasteiger partial charge is 0.545 e. The second kappa shape index (κ2) is 6.34. The molecule has 0 fully saturated rings. The third-order valence-electron chi connectivity index (χ3n) is 3.83. The van der Waals surface area contributed by atoms with Crippen LogP contribution in [0.25, 0.3) is 10.8 Å². The summed E-state index contributed by atoms with van der Waals surface area (Å²) in [7, 11) is 0. The molecule has 0 radical (unpaired) electrons. The zero-order valence-electron chi connectivity index (χ0n) is 12.8. The lowest BCUT2D eigenvalue weighted by molar-refractivity contribution is -0.255. The minimum absolute atomic E-state index is 0.0637. The number of carboxylic acids is 1. The molecule has 0 aromatic heterocycles. The van der Waals surface area contributed by atoms with Crippen LogP contribution < -0.4 is 10.4 Å². The van der Waals surface area contributed by atoms with Gasteiger partial charge in [0.15, 0.2) is 0 Å². The average Bonchev–Trinajstić information content (AvgIpc) is 2.57. The minimum atomic E-state index is -1.39. The lowest BCUT2D eigenvalue weighted by Crippen LogP contribution is -2.23. The number of carbonyl (C=O) groups excluding carboxylic acids is 2. The molecule has 0 bridgehead atoms. The summed E-state index contributed by atoms with van der Waals surface area (Å²) in [6.07, 6.45) is 0. The molecule has 3 aromatic carbocycles. The number of halogens is 1. The first-order valence-corrected chi connectivity index (χ1v) is 7.66. The molecule has 0 spiro atoms. The van der Waals surface area contributed by atoms with Crippen LogP contribution in [0, 0.1) is 6.92 Å². The molecule has 0 saturated carbocycles. The maximum atomic E-state index is 12.6. The number of carbonyl (C=O) groups is 2. The van der Waals surface area contributed by atoms with E-state index in [1.807, 2.05) is 37.3 Å². The average molecular weight is 339 g/mol. The highest BCUT2D eigenvalue weighted by atomic mass is 35.5. The Morgan fingerprint density at radius 2 is 1.67 bits per heavy atom. The third kappa shape index (κ3) is 2.96. The normalized spacial score (nSPS) is 10.6. The SMILES string of the molecule is Cc1ccc(C(=O)Nc2ccc(Cl)c(C(=O)[O-])c2)c2ccccc12. The number of hydrogen-bond donors (Lipinski definition) is 1. The molecular formula is C19H13ClNO3-. The Hall–Kier alpha value is -2.85. The summed E-state index contributed by atoms with van der Waals surface area (Å²) in [6.45, 7) is 1.98. The highest BCUT2D eigenvalue weighted by molar-refractivity contribution is 6.33. The second-order valence-electron chi connectivity index (χ2n) is 5.41. The molecule has 0 aliphatic rings. The number of fused-ring (bicyclic) bond motifs is 1. The van der Waals surface area contributed by atoms with Crippen molar-refractivity contribution in [1.82, 2.24) is 0 Å². The van der Waals surface area contributed by atoms with E-state index in [1.165, 1.54) is 12.1 Å². The summed E-state index contributed by atoms with van der Waals surface area (Å²) >= 11 is 5.81. The lowest BCUT2D eigenvalue weighted by Gasteiger charge is -2.12. The van der Waals surface area contributed by atoms with E-state index in [-0.39, 0.29) is 16.5 Å². The smallest absolute Gasteiger partial charge is 0.256 e. The first kappa shape index (κ1) is 16.0. The molecule has 3 rings (SSSR count). The number of anilines is 1. The molecule has 0 saturated heterocycles. The number of amides is 1. The monoisotopic (exact) mass is 338 g/mol. The molecule has 0 unspecified atom stereocenters. The molecule has 120 valence electrons. The Labute approximate surface area is 143 Å². The van der Waals surface area contributed by atoms with E-state index in [2.05, 4.69) is 5.32 Å². The van der Waals surface area contributed by atoms with Gasteiger partial charge in [0.2, 0.25) is 0 Å². The quantitative estimate of drug-likeness (QED) is 0.795. The van der Waals surface area contributed by atoms with Crippen molar-refractivity contribution in [2.24, 2.45) is 0 Å². The first-order valence-electron chi connectivity index (χ1n) is 7.28. The van der Waals surface area contributed by atoms with Gasteiger partial charge >= 0.3 is 0 Å². The van der Waals surface area contributed by atoms with Gasteiger partial charge in [-0.15, -0.1) is 0 Å². The summed E-state index contributed by atoms with van der Waals surface area (Å²) < 4.78 is 0. The van der Waals surface area contributed by atoms with Crippen LogP contribution in [0.3, 0.4) is 0 Å². The standard InChI is InChI=1S/C19H14ClNO3/c1-11-6-8-15(14-5-3-2-4-13(11)14)18(22)21-12-7-9-17(20)16(10-12)19(23)24/h2-10H,1H3,(H,21,22)(H,23,24)/p-1. The highest BCUT2D eigenvalue weighted by Gasteiger charge is 2.12. The van der Waals surface area contributed by atoms with Crippen LogP contribution in [0.5, 0.6) is 0 Å². The van der Waals surface area contributed by atoms with Crippen molar-refractivity contribution in [2.45, 2.75) is 6.92 Å². The van der Waals surface area contributed by atoms with Crippen LogP contribution in [-0.2, 0) is 0 Å². The number of benzene rings is 3. The van der Waals surface area contributed by atoms with Gasteiger partial charge in [0, 0.05) is 21.8 Å². The van der Waals surface area contributed by atoms with Gasteiger partial charge in [-0.2, -0.15) is 0 Å². The Kier molecular flexibility index (Phi) is 4.23. The molecule has 0 heterocycles. The van der Waals surface area contributed by atoms with Crippen molar-refractivity contribution in [3.8, 4) is 0 Å². The van der Waals surface area contributed by atoms with E-state index in [0.717, 1.165) is 16.3 Å². The Balaban J connectivity index is 1.98. The zero-order chi connectivity index (χ0) is 17.3. The molecule has 24 heavy (non-hydrogen) atoms. The van der Waals surface area contributed by atoms with E-state index >= 15 is 0 Å². The summed E-state index contributed by atoms with van der Waals surface area (Å²) in [4.78, 5) is 23.6. The van der Waals surface area contributed by atoms with Crippen LogP contribution in [0.2, 0.25) is 5.02 Å². The van der Waals surface area contributed by atoms with Crippen molar-refractivity contribution in [3.05, 3.63) is 76.3 Å². The number of hydrogen-bond acceptors (Lipinski definition) is 3. The summed E-state index contributed by atoms with van der Waals surface area (Å²) in [5, 5.41) is 15.6. The number of rotatable bonds is 3. The highest BCUT2D eigenvalue weighted by Crippen LogP contribution is 2.24. The van der Waals surface area contributed by atoms with Crippen molar-refractivity contribution >= 4 is 39.9 Å². The summed E-state index contributed by atoms with van der Waals surface area (Å²) in [5.74, 6) is -1.71. The first-order chi connectivity index (χ1) is 11.5. The minimum Gasteiger partial charge on any atom is -0.545 e. The van der Waals surface area contributed by atoms with Gasteiger partial charge in [-0.3, -0.25) is 4.79 Å². The van der Waals surface area contributed by atoms with Gasteiger partial charge in [0.1, 0.15) is 0 Å². The Bertz CT molecular complexity index is 966. The van der Waals surface area contributed by atoms with E-state index in [9.17, 15) is 14.7 Å². The van der Waals surface area contributed by atoms with E-state index in [0.29, 0.717) is 11.3 Å². The molecule has 0 aliphatic heterocycles. The second-order valence-corrected chi connectivity index (χ2v) is 5.82. The van der Waals surface area contributed by atoms with Crippen LogP contribution in [0.15, 0.2) is 54.6 Å². The van der Waals surface area contributed by atoms with E-state index < -0.39 is 5.97 Å². The Morgan fingerprint density at radius 3 is 2.38 bits per heavy atom. The predicted octanol–water partition coefficient (Wildman–Crippen LogP) is 3.42. The molecule has 0 atom stereocenters. The maximum Gasteiger partial charge on any atom is 0.256 e.